The van der Waals surface area contributed by atoms with Gasteiger partial charge < -0.3 is 14.8 Å². The molecule has 1 aromatic rings. The number of benzene rings is 1. The fraction of sp³-hybridized carbons (Fsp3) is 0.500. The Morgan fingerprint density at radius 2 is 2.22 bits per heavy atom. The molecule has 1 aromatic carbocycles. The molecule has 4 aliphatic heterocycles. The average Bonchev–Trinajstić information content (AvgIpc) is 2.80. The van der Waals surface area contributed by atoms with Crippen LogP contribution in [0.15, 0.2) is 30.0 Å². The van der Waals surface area contributed by atoms with Crippen LogP contribution < -0.4 is 15.1 Å². The lowest BCUT2D eigenvalue weighted by molar-refractivity contribution is -0.137. The van der Waals surface area contributed by atoms with Crippen LogP contribution in [0.1, 0.15) is 18.4 Å². The van der Waals surface area contributed by atoms with Gasteiger partial charge >= 0.3 is 0 Å². The van der Waals surface area contributed by atoms with E-state index in [0.29, 0.717) is 30.9 Å². The van der Waals surface area contributed by atoms with Crippen LogP contribution in [-0.2, 0) is 24.6 Å². The number of hydrogen-bond donors (Lipinski definition) is 1. The summed E-state index contributed by atoms with van der Waals surface area (Å²) < 4.78 is 11.6. The van der Waals surface area contributed by atoms with Crippen LogP contribution in [-0.4, -0.2) is 45.2 Å². The monoisotopic (exact) mass is 370 g/mol. The summed E-state index contributed by atoms with van der Waals surface area (Å²) in [6.07, 6.45) is 3.72. The molecule has 142 valence electrons. The van der Waals surface area contributed by atoms with Gasteiger partial charge in [-0.25, -0.2) is 0 Å². The Morgan fingerprint density at radius 3 is 2.96 bits per heavy atom. The minimum Gasteiger partial charge on any atom is -0.497 e. The van der Waals surface area contributed by atoms with E-state index in [1.54, 1.807) is 7.11 Å². The van der Waals surface area contributed by atoms with Gasteiger partial charge in [-0.2, -0.15) is 5.06 Å². The molecule has 3 fully saturated rings. The number of carbonyl (C=O) groups is 2. The van der Waals surface area contributed by atoms with Crippen LogP contribution in [0.25, 0.3) is 0 Å². The summed E-state index contributed by atoms with van der Waals surface area (Å²) in [6, 6.07) is 5.73. The highest BCUT2D eigenvalue weighted by atomic mass is 16.7. The Bertz CT molecular complexity index is 853. The van der Waals surface area contributed by atoms with Crippen molar-refractivity contribution in [2.45, 2.75) is 30.4 Å². The number of hydrogen-bond acceptors (Lipinski definition) is 6. The maximum atomic E-state index is 13.6. The van der Waals surface area contributed by atoms with Gasteiger partial charge in [-0.3, -0.25) is 14.4 Å². The number of anilines is 1. The molecule has 1 saturated carbocycles. The molecule has 1 spiro atoms. The number of carbonyl (C=O) groups excluding carboxylic acids is 2. The standard InChI is InChI=1S/C20H22N2O5/c1-25-12-3-4-15-17(5-12)22(26-2)19(24)20(15)7-16-14-10-27-18(20)6-13(14)11(9-23)8-21-16/h3-5,8-9,13-14,16,18,21H,6-7,10H2,1-2H3/t13-,14-,16-,18+,20-/m0/s1. The Balaban J connectivity index is 1.67. The fourth-order valence-electron chi connectivity index (χ4n) is 5.46. The predicted octanol–water partition coefficient (Wildman–Crippen LogP) is 1.32. The van der Waals surface area contributed by atoms with Crippen LogP contribution in [0.3, 0.4) is 0 Å². The number of nitrogens with zero attached hydrogens (tertiary/aromatic N) is 1. The summed E-state index contributed by atoms with van der Waals surface area (Å²) in [5.74, 6) is 0.872. The van der Waals surface area contributed by atoms with E-state index < -0.39 is 5.41 Å². The van der Waals surface area contributed by atoms with Gasteiger partial charge in [-0.05, 0) is 30.4 Å². The Labute approximate surface area is 157 Å². The molecule has 4 heterocycles. The van der Waals surface area contributed by atoms with Gasteiger partial charge in [0, 0.05) is 29.8 Å². The SMILES string of the molecule is COc1ccc2c(c1)N(OC)C(=O)[C@@]21C[C@@H]2NC=C(C=O)[C@@H]3C[C@H]1OC[C@H]23. The smallest absolute Gasteiger partial charge is 0.264 e. The number of rotatable bonds is 3. The van der Waals surface area contributed by atoms with E-state index in [0.717, 1.165) is 17.4 Å². The van der Waals surface area contributed by atoms with Crippen molar-refractivity contribution in [1.29, 1.82) is 0 Å². The number of methoxy groups -OCH3 is 1. The average molecular weight is 370 g/mol. The zero-order valence-electron chi connectivity index (χ0n) is 15.3. The minimum atomic E-state index is -0.828. The lowest BCUT2D eigenvalue weighted by Crippen LogP contribution is -2.50. The third-order valence-electron chi connectivity index (χ3n) is 6.76. The third kappa shape index (κ3) is 2.04. The van der Waals surface area contributed by atoms with Gasteiger partial charge in [0.05, 0.1) is 32.6 Å². The summed E-state index contributed by atoms with van der Waals surface area (Å²) in [5, 5.41) is 4.73. The van der Waals surface area contributed by atoms with Gasteiger partial charge in [0.15, 0.2) is 0 Å². The molecule has 1 N–H and O–H groups in total. The van der Waals surface area contributed by atoms with Crippen molar-refractivity contribution in [1.82, 2.24) is 5.32 Å². The van der Waals surface area contributed by atoms with Gasteiger partial charge in [0.25, 0.3) is 5.91 Å². The van der Waals surface area contributed by atoms with Crippen molar-refractivity contribution in [3.63, 3.8) is 0 Å². The summed E-state index contributed by atoms with van der Waals surface area (Å²) in [6.45, 7) is 0.547. The van der Waals surface area contributed by atoms with Crippen molar-refractivity contribution < 1.29 is 23.9 Å². The molecular formula is C20H22N2O5. The summed E-state index contributed by atoms with van der Waals surface area (Å²) in [7, 11) is 3.10. The molecule has 7 nitrogen and oxygen atoms in total. The number of fused-ring (bicyclic) bond motifs is 2. The number of hydroxylamine groups is 1. The highest BCUT2D eigenvalue weighted by Gasteiger charge is 2.63. The molecule has 0 radical (unpaired) electrons. The van der Waals surface area contributed by atoms with Crippen molar-refractivity contribution in [3.8, 4) is 5.75 Å². The minimum absolute atomic E-state index is 0.0712. The molecule has 0 unspecified atom stereocenters. The topological polar surface area (TPSA) is 77.1 Å². The van der Waals surface area contributed by atoms with Crippen LogP contribution in [0.2, 0.25) is 0 Å². The van der Waals surface area contributed by atoms with E-state index in [1.807, 2.05) is 24.4 Å². The molecule has 4 bridgehead atoms. The second kappa shape index (κ2) is 5.81. The van der Waals surface area contributed by atoms with Crippen LogP contribution in [0.4, 0.5) is 5.69 Å². The first kappa shape index (κ1) is 16.8. The van der Waals surface area contributed by atoms with E-state index in [9.17, 15) is 9.59 Å². The molecule has 1 aliphatic carbocycles. The first-order chi connectivity index (χ1) is 13.1. The molecule has 7 heteroatoms. The van der Waals surface area contributed by atoms with E-state index in [-0.39, 0.29) is 29.9 Å². The molecule has 27 heavy (non-hydrogen) atoms. The first-order valence-corrected chi connectivity index (χ1v) is 9.24. The lowest BCUT2D eigenvalue weighted by Gasteiger charge is -2.40. The zero-order valence-corrected chi connectivity index (χ0v) is 15.3. The number of allylic oxidation sites excluding steroid dienone is 1. The molecular weight excluding hydrogens is 348 g/mol. The predicted molar refractivity (Wildman–Crippen MR) is 96.2 cm³/mol. The number of amides is 1. The Kier molecular flexibility index (Phi) is 3.61. The Morgan fingerprint density at radius 1 is 1.37 bits per heavy atom. The summed E-state index contributed by atoms with van der Waals surface area (Å²) in [4.78, 5) is 30.6. The van der Waals surface area contributed by atoms with Crippen LogP contribution in [0, 0.1) is 11.8 Å². The van der Waals surface area contributed by atoms with E-state index >= 15 is 0 Å². The van der Waals surface area contributed by atoms with Gasteiger partial charge in [0.1, 0.15) is 17.5 Å². The second-order valence-electron chi connectivity index (χ2n) is 7.70. The number of aldehydes is 1. The fourth-order valence-corrected chi connectivity index (χ4v) is 5.46. The highest BCUT2D eigenvalue weighted by Crippen LogP contribution is 2.56. The maximum Gasteiger partial charge on any atom is 0.264 e. The first-order valence-electron chi connectivity index (χ1n) is 9.24. The van der Waals surface area contributed by atoms with Gasteiger partial charge in [-0.1, -0.05) is 6.07 Å². The number of nitrogens with one attached hydrogen (secondary N) is 1. The summed E-state index contributed by atoms with van der Waals surface area (Å²) >= 11 is 0. The third-order valence-corrected chi connectivity index (χ3v) is 6.76. The van der Waals surface area contributed by atoms with Crippen molar-refractivity contribution in [3.05, 3.63) is 35.5 Å². The van der Waals surface area contributed by atoms with E-state index in [2.05, 4.69) is 5.32 Å². The molecule has 6 rings (SSSR count). The Hall–Kier alpha value is -2.38. The van der Waals surface area contributed by atoms with Crippen molar-refractivity contribution in [2.75, 3.05) is 25.9 Å². The quantitative estimate of drug-likeness (QED) is 0.809. The van der Waals surface area contributed by atoms with Crippen LogP contribution in [0.5, 0.6) is 5.75 Å². The zero-order chi connectivity index (χ0) is 18.8. The molecule has 5 aliphatic rings. The van der Waals surface area contributed by atoms with Crippen molar-refractivity contribution >= 4 is 17.9 Å². The van der Waals surface area contributed by atoms with E-state index in [4.69, 9.17) is 14.3 Å². The normalized spacial score (nSPS) is 36.1. The van der Waals surface area contributed by atoms with Gasteiger partial charge in [-0.15, -0.1) is 0 Å². The van der Waals surface area contributed by atoms with E-state index in [1.165, 1.54) is 12.2 Å². The maximum absolute atomic E-state index is 13.6. The van der Waals surface area contributed by atoms with Gasteiger partial charge in [0.2, 0.25) is 0 Å². The lowest BCUT2D eigenvalue weighted by atomic mass is 9.72. The molecule has 2 saturated heterocycles. The van der Waals surface area contributed by atoms with Crippen LogP contribution >= 0.6 is 0 Å². The highest BCUT2D eigenvalue weighted by molar-refractivity contribution is 6.07. The molecule has 5 atom stereocenters. The summed E-state index contributed by atoms with van der Waals surface area (Å²) in [5.41, 5.74) is 1.55. The second-order valence-corrected chi connectivity index (χ2v) is 7.70. The molecule has 1 amide bonds. The van der Waals surface area contributed by atoms with Crippen molar-refractivity contribution in [2.24, 2.45) is 11.8 Å². The molecule has 0 aromatic heterocycles. The number of ether oxygens (including phenoxy) is 2. The largest absolute Gasteiger partial charge is 0.497 e.